The van der Waals surface area contributed by atoms with Crippen LogP contribution < -0.4 is 25.3 Å². The number of rotatable bonds is 7. The number of nitrogens with one attached hydrogen (secondary N) is 1. The quantitative estimate of drug-likeness (QED) is 0.521. The Labute approximate surface area is 162 Å². The Morgan fingerprint density at radius 3 is 2.11 bits per heavy atom. The van der Waals surface area contributed by atoms with Gasteiger partial charge in [0.05, 0.1) is 33.5 Å². The van der Waals surface area contributed by atoms with Crippen molar-refractivity contribution in [2.45, 2.75) is 19.8 Å². The third-order valence-corrected chi connectivity index (χ3v) is 4.49. The van der Waals surface area contributed by atoms with Gasteiger partial charge in [-0.25, -0.2) is 4.79 Å². The van der Waals surface area contributed by atoms with Crippen LogP contribution in [0.25, 0.3) is 0 Å². The minimum absolute atomic E-state index is 0.132. The highest BCUT2D eigenvalue weighted by atomic mass is 16.5. The van der Waals surface area contributed by atoms with Gasteiger partial charge in [0.1, 0.15) is 5.92 Å². The standard InChI is InChI=1S/C19H24N2O7/c1-6-28-19(24)13-9(2)21-18(23)15(17(20)22)14(13)10-7-11(25-3)16(27-5)12(8-10)26-4/h7-8,14-15H,6H2,1-5H3,(H2,20,22)(H,21,23)/t14-,15-/m0/s1. The molecule has 0 aliphatic carbocycles. The summed E-state index contributed by atoms with van der Waals surface area (Å²) < 4.78 is 21.1. The van der Waals surface area contributed by atoms with Crippen molar-refractivity contribution in [3.63, 3.8) is 0 Å². The number of nitrogens with two attached hydrogens (primary N) is 1. The molecule has 9 nitrogen and oxygen atoms in total. The van der Waals surface area contributed by atoms with Crippen LogP contribution in [0.5, 0.6) is 17.2 Å². The van der Waals surface area contributed by atoms with E-state index in [4.69, 9.17) is 24.7 Å². The van der Waals surface area contributed by atoms with Crippen LogP contribution >= 0.6 is 0 Å². The normalized spacial score (nSPS) is 19.0. The van der Waals surface area contributed by atoms with Gasteiger partial charge >= 0.3 is 5.97 Å². The Morgan fingerprint density at radius 2 is 1.68 bits per heavy atom. The van der Waals surface area contributed by atoms with Crippen molar-refractivity contribution in [3.8, 4) is 17.2 Å². The minimum Gasteiger partial charge on any atom is -0.493 e. The largest absolute Gasteiger partial charge is 0.493 e. The fraction of sp³-hybridized carbons (Fsp3) is 0.421. The first kappa shape index (κ1) is 21.1. The van der Waals surface area contributed by atoms with Gasteiger partial charge in [0.15, 0.2) is 11.5 Å². The molecular formula is C19H24N2O7. The van der Waals surface area contributed by atoms with E-state index in [1.165, 1.54) is 21.3 Å². The predicted octanol–water partition coefficient (Wildman–Crippen LogP) is 0.864. The highest BCUT2D eigenvalue weighted by Crippen LogP contribution is 2.45. The van der Waals surface area contributed by atoms with Crippen LogP contribution in [0.2, 0.25) is 0 Å². The number of benzene rings is 1. The number of hydrogen-bond donors (Lipinski definition) is 2. The lowest BCUT2D eigenvalue weighted by Gasteiger charge is -2.32. The fourth-order valence-corrected chi connectivity index (χ4v) is 3.30. The first-order valence-electron chi connectivity index (χ1n) is 8.58. The molecule has 0 spiro atoms. The summed E-state index contributed by atoms with van der Waals surface area (Å²) in [6, 6.07) is 3.15. The van der Waals surface area contributed by atoms with E-state index >= 15 is 0 Å². The Morgan fingerprint density at radius 1 is 1.11 bits per heavy atom. The SMILES string of the molecule is CCOC(=O)C1=C(C)NC(=O)[C@H](C(N)=O)[C@H]1c1cc(OC)c(OC)c(OC)c1. The van der Waals surface area contributed by atoms with Gasteiger partial charge in [-0.1, -0.05) is 0 Å². The Bertz CT molecular complexity index is 807. The molecule has 9 heteroatoms. The molecule has 1 aliphatic rings. The molecule has 0 saturated carbocycles. The summed E-state index contributed by atoms with van der Waals surface area (Å²) in [7, 11) is 4.33. The fourth-order valence-electron chi connectivity index (χ4n) is 3.30. The molecule has 0 unspecified atom stereocenters. The van der Waals surface area contributed by atoms with Gasteiger partial charge in [-0.15, -0.1) is 0 Å². The van der Waals surface area contributed by atoms with Crippen molar-refractivity contribution in [3.05, 3.63) is 29.0 Å². The van der Waals surface area contributed by atoms with Crippen molar-refractivity contribution in [1.82, 2.24) is 5.32 Å². The predicted molar refractivity (Wildman–Crippen MR) is 99.0 cm³/mol. The smallest absolute Gasteiger partial charge is 0.336 e. The summed E-state index contributed by atoms with van der Waals surface area (Å²) in [5, 5.41) is 2.53. The number of amides is 2. The van der Waals surface area contributed by atoms with E-state index in [1.807, 2.05) is 0 Å². The first-order chi connectivity index (χ1) is 13.3. The maximum Gasteiger partial charge on any atom is 0.336 e. The highest BCUT2D eigenvalue weighted by molar-refractivity contribution is 6.06. The lowest BCUT2D eigenvalue weighted by Crippen LogP contribution is -2.47. The molecule has 28 heavy (non-hydrogen) atoms. The number of allylic oxidation sites excluding steroid dienone is 1. The van der Waals surface area contributed by atoms with Crippen molar-refractivity contribution >= 4 is 17.8 Å². The number of ether oxygens (including phenoxy) is 4. The second-order valence-corrected chi connectivity index (χ2v) is 6.06. The molecule has 2 atom stereocenters. The zero-order valence-corrected chi connectivity index (χ0v) is 16.5. The number of hydrogen-bond acceptors (Lipinski definition) is 7. The average Bonchev–Trinajstić information content (AvgIpc) is 2.65. The summed E-state index contributed by atoms with van der Waals surface area (Å²) >= 11 is 0. The third kappa shape index (κ3) is 3.73. The van der Waals surface area contributed by atoms with E-state index < -0.39 is 29.6 Å². The zero-order valence-electron chi connectivity index (χ0n) is 16.5. The van der Waals surface area contributed by atoms with Gasteiger partial charge in [-0.3, -0.25) is 9.59 Å². The topological polar surface area (TPSA) is 126 Å². The summed E-state index contributed by atoms with van der Waals surface area (Å²) in [5.74, 6) is -3.45. The zero-order chi connectivity index (χ0) is 21.0. The summed E-state index contributed by atoms with van der Waals surface area (Å²) in [5.41, 5.74) is 6.36. The number of carbonyl (C=O) groups excluding carboxylic acids is 3. The second-order valence-electron chi connectivity index (χ2n) is 6.06. The molecule has 2 amide bonds. The third-order valence-electron chi connectivity index (χ3n) is 4.49. The van der Waals surface area contributed by atoms with Gasteiger partial charge < -0.3 is 30.0 Å². The summed E-state index contributed by atoms with van der Waals surface area (Å²) in [6.45, 7) is 3.36. The van der Waals surface area contributed by atoms with Gasteiger partial charge in [0.25, 0.3) is 0 Å². The Hall–Kier alpha value is -3.23. The van der Waals surface area contributed by atoms with E-state index in [0.717, 1.165) is 0 Å². The number of carbonyl (C=O) groups is 3. The van der Waals surface area contributed by atoms with Gasteiger partial charge in [0, 0.05) is 11.6 Å². The summed E-state index contributed by atoms with van der Waals surface area (Å²) in [6.07, 6.45) is 0. The van der Waals surface area contributed by atoms with E-state index in [9.17, 15) is 14.4 Å². The molecule has 1 aromatic rings. The maximum atomic E-state index is 12.6. The average molecular weight is 392 g/mol. The Kier molecular flexibility index (Phi) is 6.50. The molecular weight excluding hydrogens is 368 g/mol. The van der Waals surface area contributed by atoms with Gasteiger partial charge in [0.2, 0.25) is 17.6 Å². The lowest BCUT2D eigenvalue weighted by atomic mass is 9.76. The van der Waals surface area contributed by atoms with Crippen LogP contribution in [0.3, 0.4) is 0 Å². The van der Waals surface area contributed by atoms with E-state index in [-0.39, 0.29) is 12.2 Å². The van der Waals surface area contributed by atoms with Crippen LogP contribution in [-0.2, 0) is 19.1 Å². The molecule has 1 heterocycles. The molecule has 0 saturated heterocycles. The second kappa shape index (κ2) is 8.64. The number of esters is 1. The molecule has 0 fully saturated rings. The molecule has 152 valence electrons. The van der Waals surface area contributed by atoms with Crippen LogP contribution in [0.15, 0.2) is 23.4 Å². The van der Waals surface area contributed by atoms with Crippen LogP contribution in [-0.4, -0.2) is 45.7 Å². The van der Waals surface area contributed by atoms with Crippen molar-refractivity contribution in [1.29, 1.82) is 0 Å². The van der Waals surface area contributed by atoms with Crippen molar-refractivity contribution in [2.75, 3.05) is 27.9 Å². The summed E-state index contributed by atoms with van der Waals surface area (Å²) in [4.78, 5) is 37.2. The first-order valence-corrected chi connectivity index (χ1v) is 8.58. The van der Waals surface area contributed by atoms with E-state index in [1.54, 1.807) is 26.0 Å². The maximum absolute atomic E-state index is 12.6. The van der Waals surface area contributed by atoms with Crippen LogP contribution in [0, 0.1) is 5.92 Å². The van der Waals surface area contributed by atoms with Crippen molar-refractivity contribution in [2.24, 2.45) is 11.7 Å². The number of primary amides is 1. The molecule has 0 aromatic heterocycles. The highest BCUT2D eigenvalue weighted by Gasteiger charge is 2.44. The van der Waals surface area contributed by atoms with Crippen molar-refractivity contribution < 1.29 is 33.3 Å². The molecule has 0 bridgehead atoms. The molecule has 2 rings (SSSR count). The molecule has 0 radical (unpaired) electrons. The minimum atomic E-state index is -1.31. The van der Waals surface area contributed by atoms with E-state index in [2.05, 4.69) is 5.32 Å². The van der Waals surface area contributed by atoms with Gasteiger partial charge in [-0.05, 0) is 31.5 Å². The van der Waals surface area contributed by atoms with Gasteiger partial charge in [-0.2, -0.15) is 0 Å². The van der Waals surface area contributed by atoms with Crippen LogP contribution in [0.4, 0.5) is 0 Å². The monoisotopic (exact) mass is 392 g/mol. The molecule has 1 aromatic carbocycles. The lowest BCUT2D eigenvalue weighted by molar-refractivity contribution is -0.140. The number of methoxy groups -OCH3 is 3. The van der Waals surface area contributed by atoms with E-state index in [0.29, 0.717) is 28.5 Å². The molecule has 1 aliphatic heterocycles. The van der Waals surface area contributed by atoms with Crippen LogP contribution in [0.1, 0.15) is 25.3 Å². The Balaban J connectivity index is 2.77. The molecule has 3 N–H and O–H groups in total.